The summed E-state index contributed by atoms with van der Waals surface area (Å²) < 4.78 is 3.32. The maximum atomic E-state index is 11.6. The predicted octanol–water partition coefficient (Wildman–Crippen LogP) is 0.0708. The molecule has 0 bridgehead atoms. The van der Waals surface area contributed by atoms with Gasteiger partial charge in [-0.05, 0) is 18.7 Å². The van der Waals surface area contributed by atoms with Gasteiger partial charge in [-0.15, -0.1) is 5.10 Å². The minimum atomic E-state index is -0.248. The van der Waals surface area contributed by atoms with Crippen molar-refractivity contribution in [3.05, 3.63) is 29.1 Å². The molecule has 0 aliphatic carbocycles. The Kier molecular flexibility index (Phi) is 3.16. The van der Waals surface area contributed by atoms with Gasteiger partial charge in [-0.2, -0.15) is 0 Å². The summed E-state index contributed by atoms with van der Waals surface area (Å²) in [6.45, 7) is 2.40. The van der Waals surface area contributed by atoms with Gasteiger partial charge in [0, 0.05) is 18.9 Å². The van der Waals surface area contributed by atoms with Crippen molar-refractivity contribution >= 4 is 23.2 Å². The van der Waals surface area contributed by atoms with Crippen LogP contribution in [0.2, 0.25) is 0 Å². The number of aromatic amines is 1. The molecule has 0 amide bonds. The number of aromatic nitrogens is 6. The minimum absolute atomic E-state index is 0.248. The zero-order valence-corrected chi connectivity index (χ0v) is 11.4. The Hall–Kier alpha value is -2.33. The van der Waals surface area contributed by atoms with Crippen molar-refractivity contribution in [1.82, 2.24) is 29.1 Å². The van der Waals surface area contributed by atoms with Crippen LogP contribution in [0.3, 0.4) is 0 Å². The molecule has 0 radical (unpaired) electrons. The topological polar surface area (TPSA) is 119 Å². The predicted molar refractivity (Wildman–Crippen MR) is 73.4 cm³/mol. The average Bonchev–Trinajstić information content (AvgIpc) is 3.05. The SMILES string of the molecule is CCn1c(Sc2nc(NN)cn3ccnc23)n[nH]c1=O. The van der Waals surface area contributed by atoms with Gasteiger partial charge in [0.2, 0.25) is 0 Å². The highest BCUT2D eigenvalue weighted by molar-refractivity contribution is 7.99. The Labute approximate surface area is 117 Å². The lowest BCUT2D eigenvalue weighted by molar-refractivity contribution is 0.660. The van der Waals surface area contributed by atoms with Crippen LogP contribution in [0.15, 0.2) is 33.6 Å². The summed E-state index contributed by atoms with van der Waals surface area (Å²) in [6.07, 6.45) is 5.18. The van der Waals surface area contributed by atoms with E-state index in [1.165, 1.54) is 16.3 Å². The van der Waals surface area contributed by atoms with Crippen molar-refractivity contribution in [2.24, 2.45) is 5.84 Å². The van der Waals surface area contributed by atoms with Crippen LogP contribution >= 0.6 is 11.8 Å². The number of imidazole rings is 1. The molecule has 4 N–H and O–H groups in total. The quantitative estimate of drug-likeness (QED) is 0.460. The zero-order valence-electron chi connectivity index (χ0n) is 10.6. The number of hydrogen-bond acceptors (Lipinski definition) is 7. The molecule has 0 atom stereocenters. The van der Waals surface area contributed by atoms with Gasteiger partial charge >= 0.3 is 5.69 Å². The average molecular weight is 292 g/mol. The minimum Gasteiger partial charge on any atom is -0.307 e. The molecule has 0 saturated heterocycles. The van der Waals surface area contributed by atoms with Crippen molar-refractivity contribution in [3.63, 3.8) is 0 Å². The molecule has 3 aromatic rings. The monoisotopic (exact) mass is 292 g/mol. The third-order valence-electron chi connectivity index (χ3n) is 2.72. The Morgan fingerprint density at radius 3 is 3.15 bits per heavy atom. The first-order valence-corrected chi connectivity index (χ1v) is 6.68. The van der Waals surface area contributed by atoms with Gasteiger partial charge in [0.25, 0.3) is 0 Å². The molecule has 0 fully saturated rings. The molecular formula is C10H12N8OS. The van der Waals surface area contributed by atoms with Crippen LogP contribution in [0.25, 0.3) is 5.65 Å². The number of nitrogens with one attached hydrogen (secondary N) is 2. The van der Waals surface area contributed by atoms with Crippen LogP contribution in [0.1, 0.15) is 6.92 Å². The number of rotatable bonds is 4. The van der Waals surface area contributed by atoms with Crippen molar-refractivity contribution in [2.45, 2.75) is 23.7 Å². The molecule has 9 nitrogen and oxygen atoms in total. The fourth-order valence-corrected chi connectivity index (χ4v) is 2.77. The summed E-state index contributed by atoms with van der Waals surface area (Å²) in [5.74, 6) is 5.90. The van der Waals surface area contributed by atoms with Crippen molar-refractivity contribution < 1.29 is 0 Å². The van der Waals surface area contributed by atoms with Gasteiger partial charge in [0.05, 0.1) is 6.20 Å². The standard InChI is InChI=1S/C10H12N8OS/c1-2-18-9(19)15-16-10(18)20-8-7-12-3-4-17(7)5-6(13-8)14-11/h3-5,14H,2,11H2,1H3,(H,15,19). The first-order chi connectivity index (χ1) is 9.72. The third kappa shape index (κ3) is 2.04. The Morgan fingerprint density at radius 2 is 2.40 bits per heavy atom. The van der Waals surface area contributed by atoms with Crippen LogP contribution < -0.4 is 17.0 Å². The highest BCUT2D eigenvalue weighted by Crippen LogP contribution is 2.27. The smallest absolute Gasteiger partial charge is 0.307 e. The van der Waals surface area contributed by atoms with E-state index in [0.717, 1.165) is 0 Å². The molecule has 0 spiro atoms. The first-order valence-electron chi connectivity index (χ1n) is 5.86. The number of nitrogens with two attached hydrogens (primary N) is 1. The Bertz CT molecular complexity index is 803. The van der Waals surface area contributed by atoms with Crippen LogP contribution in [-0.4, -0.2) is 29.1 Å². The van der Waals surface area contributed by atoms with Gasteiger partial charge in [0.1, 0.15) is 5.03 Å². The van der Waals surface area contributed by atoms with E-state index in [1.807, 2.05) is 6.92 Å². The molecule has 3 aromatic heterocycles. The molecule has 0 saturated carbocycles. The molecule has 3 rings (SSSR count). The lowest BCUT2D eigenvalue weighted by atomic mass is 10.6. The number of nitrogen functional groups attached to an aromatic ring is 1. The maximum Gasteiger partial charge on any atom is 0.343 e. The van der Waals surface area contributed by atoms with Gasteiger partial charge in [0.15, 0.2) is 16.6 Å². The number of hydrazine groups is 1. The maximum absolute atomic E-state index is 11.6. The highest BCUT2D eigenvalue weighted by atomic mass is 32.2. The zero-order chi connectivity index (χ0) is 14.1. The number of anilines is 1. The summed E-state index contributed by atoms with van der Waals surface area (Å²) in [5.41, 5.74) is 2.92. The van der Waals surface area contributed by atoms with Crippen LogP contribution in [0.4, 0.5) is 5.82 Å². The van der Waals surface area contributed by atoms with Gasteiger partial charge in [-0.25, -0.2) is 25.7 Å². The third-order valence-corrected chi connectivity index (χ3v) is 3.68. The van der Waals surface area contributed by atoms with E-state index < -0.39 is 0 Å². The number of nitrogens with zero attached hydrogens (tertiary/aromatic N) is 5. The van der Waals surface area contributed by atoms with E-state index in [4.69, 9.17) is 5.84 Å². The molecule has 20 heavy (non-hydrogen) atoms. The molecule has 104 valence electrons. The van der Waals surface area contributed by atoms with Crippen molar-refractivity contribution in [1.29, 1.82) is 0 Å². The summed E-state index contributed by atoms with van der Waals surface area (Å²) >= 11 is 1.25. The Morgan fingerprint density at radius 1 is 1.55 bits per heavy atom. The van der Waals surface area contributed by atoms with E-state index in [2.05, 4.69) is 25.6 Å². The number of hydrogen-bond donors (Lipinski definition) is 3. The summed E-state index contributed by atoms with van der Waals surface area (Å²) in [6, 6.07) is 0. The largest absolute Gasteiger partial charge is 0.343 e. The summed E-state index contributed by atoms with van der Waals surface area (Å²) in [4.78, 5) is 20.1. The fourth-order valence-electron chi connectivity index (χ4n) is 1.79. The normalized spacial score (nSPS) is 11.1. The fraction of sp³-hybridized carbons (Fsp3) is 0.200. The van der Waals surface area contributed by atoms with Crippen LogP contribution in [-0.2, 0) is 6.54 Å². The lowest BCUT2D eigenvalue weighted by Gasteiger charge is -2.06. The van der Waals surface area contributed by atoms with E-state index in [9.17, 15) is 4.79 Å². The van der Waals surface area contributed by atoms with Crippen molar-refractivity contribution in [2.75, 3.05) is 5.43 Å². The van der Waals surface area contributed by atoms with Gasteiger partial charge < -0.3 is 9.83 Å². The second-order valence-corrected chi connectivity index (χ2v) is 4.85. The van der Waals surface area contributed by atoms with E-state index in [1.54, 1.807) is 23.0 Å². The van der Waals surface area contributed by atoms with Crippen LogP contribution in [0.5, 0.6) is 0 Å². The second kappa shape index (κ2) is 4.98. The first kappa shape index (κ1) is 12.7. The molecule has 0 aliphatic heterocycles. The van der Waals surface area contributed by atoms with E-state index >= 15 is 0 Å². The van der Waals surface area contributed by atoms with Gasteiger partial charge in [-0.3, -0.25) is 4.57 Å². The molecule has 0 aliphatic rings. The van der Waals surface area contributed by atoms with Crippen molar-refractivity contribution in [3.8, 4) is 0 Å². The molecule has 0 unspecified atom stereocenters. The van der Waals surface area contributed by atoms with Crippen LogP contribution in [0, 0.1) is 0 Å². The molecular weight excluding hydrogens is 280 g/mol. The molecule has 3 heterocycles. The summed E-state index contributed by atoms with van der Waals surface area (Å²) in [7, 11) is 0. The summed E-state index contributed by atoms with van der Waals surface area (Å²) in [5, 5.41) is 7.55. The molecule has 0 aromatic carbocycles. The van der Waals surface area contributed by atoms with E-state index in [-0.39, 0.29) is 5.69 Å². The number of H-pyrrole nitrogens is 1. The lowest BCUT2D eigenvalue weighted by Crippen LogP contribution is -2.16. The highest BCUT2D eigenvalue weighted by Gasteiger charge is 2.14. The number of fused-ring (bicyclic) bond motifs is 1. The van der Waals surface area contributed by atoms with E-state index in [0.29, 0.717) is 28.2 Å². The van der Waals surface area contributed by atoms with Gasteiger partial charge in [-0.1, -0.05) is 0 Å². The molecule has 10 heteroatoms. The second-order valence-electron chi connectivity index (χ2n) is 3.89. The Balaban J connectivity index is 2.09.